The molecular weight excluding hydrogens is 238 g/mol. The Morgan fingerprint density at radius 2 is 1.68 bits per heavy atom. The van der Waals surface area contributed by atoms with Crippen LogP contribution in [0.4, 0.5) is 0 Å². The van der Waals surface area contributed by atoms with Crippen molar-refractivity contribution in [2.24, 2.45) is 17.8 Å². The number of carboxylic acids is 1. The third-order valence-electron chi connectivity index (χ3n) is 5.52. The Bertz CT molecular complexity index is 297. The Hall–Kier alpha value is -0.570. The average molecular weight is 267 g/mol. The molecule has 3 unspecified atom stereocenters. The Morgan fingerprint density at radius 1 is 1.05 bits per heavy atom. The Morgan fingerprint density at radius 3 is 2.21 bits per heavy atom. The smallest absolute Gasteiger partial charge is 0.308 e. The van der Waals surface area contributed by atoms with Gasteiger partial charge in [0.25, 0.3) is 0 Å². The van der Waals surface area contributed by atoms with Crippen molar-refractivity contribution >= 4 is 5.97 Å². The highest BCUT2D eigenvalue weighted by Crippen LogP contribution is 2.36. The molecule has 19 heavy (non-hydrogen) atoms. The van der Waals surface area contributed by atoms with E-state index < -0.39 is 5.97 Å². The molecule has 0 aromatic heterocycles. The van der Waals surface area contributed by atoms with E-state index >= 15 is 0 Å². The van der Waals surface area contributed by atoms with Gasteiger partial charge in [0, 0.05) is 6.04 Å². The number of hydrogen-bond donors (Lipinski definition) is 1. The third kappa shape index (κ3) is 3.50. The molecule has 0 amide bonds. The van der Waals surface area contributed by atoms with Gasteiger partial charge in [0.05, 0.1) is 5.92 Å². The maximum Gasteiger partial charge on any atom is 0.308 e. The van der Waals surface area contributed by atoms with E-state index in [2.05, 4.69) is 18.7 Å². The van der Waals surface area contributed by atoms with E-state index in [0.29, 0.717) is 6.04 Å². The van der Waals surface area contributed by atoms with E-state index in [1.807, 2.05) is 0 Å². The van der Waals surface area contributed by atoms with E-state index in [1.165, 1.54) is 25.7 Å². The zero-order valence-electron chi connectivity index (χ0n) is 12.5. The molecule has 0 aromatic rings. The van der Waals surface area contributed by atoms with Gasteiger partial charge in [-0.1, -0.05) is 26.7 Å². The molecule has 0 radical (unpaired) electrons. The first-order valence-electron chi connectivity index (χ1n) is 8.12. The van der Waals surface area contributed by atoms with Gasteiger partial charge in [-0.05, 0) is 57.0 Å². The number of rotatable bonds is 4. The van der Waals surface area contributed by atoms with Crippen LogP contribution < -0.4 is 0 Å². The molecule has 0 aromatic carbocycles. The second-order valence-electron chi connectivity index (χ2n) is 6.49. The van der Waals surface area contributed by atoms with Crippen molar-refractivity contribution in [3.05, 3.63) is 0 Å². The zero-order chi connectivity index (χ0) is 13.8. The molecule has 3 atom stereocenters. The monoisotopic (exact) mass is 267 g/mol. The van der Waals surface area contributed by atoms with E-state index in [4.69, 9.17) is 0 Å². The summed E-state index contributed by atoms with van der Waals surface area (Å²) in [7, 11) is 0. The first-order chi connectivity index (χ1) is 9.15. The summed E-state index contributed by atoms with van der Waals surface area (Å²) in [5.74, 6) is 0.910. The lowest BCUT2D eigenvalue weighted by atomic mass is 9.75. The lowest BCUT2D eigenvalue weighted by molar-refractivity contribution is -0.146. The minimum Gasteiger partial charge on any atom is -0.481 e. The highest BCUT2D eigenvalue weighted by molar-refractivity contribution is 5.71. The van der Waals surface area contributed by atoms with Crippen molar-refractivity contribution < 1.29 is 9.90 Å². The third-order valence-corrected chi connectivity index (χ3v) is 5.52. The topological polar surface area (TPSA) is 40.5 Å². The largest absolute Gasteiger partial charge is 0.481 e. The lowest BCUT2D eigenvalue weighted by Gasteiger charge is -2.44. The SMILES string of the molecule is CCC1CCN(C2CC(CC)CCC2C(=O)O)CC1. The van der Waals surface area contributed by atoms with Crippen molar-refractivity contribution in [3.8, 4) is 0 Å². The molecule has 1 aliphatic carbocycles. The fourth-order valence-corrected chi connectivity index (χ4v) is 3.99. The van der Waals surface area contributed by atoms with E-state index in [9.17, 15) is 9.90 Å². The predicted octanol–water partition coefficient (Wildman–Crippen LogP) is 3.39. The van der Waals surface area contributed by atoms with Crippen LogP contribution in [-0.4, -0.2) is 35.1 Å². The van der Waals surface area contributed by atoms with Crippen molar-refractivity contribution in [2.75, 3.05) is 13.1 Å². The van der Waals surface area contributed by atoms with Crippen LogP contribution in [0.5, 0.6) is 0 Å². The molecule has 1 heterocycles. The molecular formula is C16H29NO2. The first kappa shape index (κ1) is 14.8. The number of carbonyl (C=O) groups is 1. The van der Waals surface area contributed by atoms with E-state index in [-0.39, 0.29) is 5.92 Å². The van der Waals surface area contributed by atoms with Gasteiger partial charge in [-0.3, -0.25) is 9.69 Å². The highest BCUT2D eigenvalue weighted by Gasteiger charge is 2.38. The van der Waals surface area contributed by atoms with Gasteiger partial charge in [-0.15, -0.1) is 0 Å². The Kier molecular flexibility index (Phi) is 5.26. The van der Waals surface area contributed by atoms with Crippen LogP contribution in [0.3, 0.4) is 0 Å². The summed E-state index contributed by atoms with van der Waals surface area (Å²) < 4.78 is 0. The molecule has 3 heteroatoms. The summed E-state index contributed by atoms with van der Waals surface area (Å²) in [4.78, 5) is 14.0. The molecule has 110 valence electrons. The van der Waals surface area contributed by atoms with E-state index in [0.717, 1.165) is 44.2 Å². The normalized spacial score (nSPS) is 34.3. The predicted molar refractivity (Wildman–Crippen MR) is 77.1 cm³/mol. The minimum atomic E-state index is -0.572. The van der Waals surface area contributed by atoms with Gasteiger partial charge < -0.3 is 5.11 Å². The van der Waals surface area contributed by atoms with Gasteiger partial charge in [-0.25, -0.2) is 0 Å². The molecule has 2 rings (SSSR count). The van der Waals surface area contributed by atoms with Gasteiger partial charge in [-0.2, -0.15) is 0 Å². The number of nitrogens with zero attached hydrogens (tertiary/aromatic N) is 1. The van der Waals surface area contributed by atoms with Crippen LogP contribution in [-0.2, 0) is 4.79 Å². The Labute approximate surface area is 117 Å². The van der Waals surface area contributed by atoms with Crippen molar-refractivity contribution in [3.63, 3.8) is 0 Å². The summed E-state index contributed by atoms with van der Waals surface area (Å²) in [6, 6.07) is 0.300. The summed E-state index contributed by atoms with van der Waals surface area (Å²) >= 11 is 0. The van der Waals surface area contributed by atoms with Gasteiger partial charge in [0.1, 0.15) is 0 Å². The zero-order valence-corrected chi connectivity index (χ0v) is 12.5. The summed E-state index contributed by atoms with van der Waals surface area (Å²) in [6.07, 6.45) is 8.09. The molecule has 2 fully saturated rings. The molecule has 1 saturated carbocycles. The van der Waals surface area contributed by atoms with Crippen LogP contribution >= 0.6 is 0 Å². The number of carboxylic acid groups (broad SMARTS) is 1. The van der Waals surface area contributed by atoms with Crippen LogP contribution in [0.15, 0.2) is 0 Å². The second kappa shape index (κ2) is 6.74. The number of aliphatic carboxylic acids is 1. The number of hydrogen-bond acceptors (Lipinski definition) is 2. The van der Waals surface area contributed by atoms with Crippen molar-refractivity contribution in [1.29, 1.82) is 0 Å². The first-order valence-corrected chi connectivity index (χ1v) is 8.12. The number of likely N-dealkylation sites (tertiary alicyclic amines) is 1. The summed E-state index contributed by atoms with van der Waals surface area (Å²) in [5.41, 5.74) is 0. The quantitative estimate of drug-likeness (QED) is 0.849. The molecule has 0 bridgehead atoms. The lowest BCUT2D eigenvalue weighted by Crippen LogP contribution is -2.50. The van der Waals surface area contributed by atoms with Crippen molar-refractivity contribution in [2.45, 2.75) is 64.8 Å². The summed E-state index contributed by atoms with van der Waals surface area (Å²) in [6.45, 7) is 6.74. The Balaban J connectivity index is 1.99. The van der Waals surface area contributed by atoms with Gasteiger partial charge >= 0.3 is 5.97 Å². The van der Waals surface area contributed by atoms with Gasteiger partial charge in [0.2, 0.25) is 0 Å². The molecule has 0 spiro atoms. The molecule has 1 N–H and O–H groups in total. The van der Waals surface area contributed by atoms with Crippen LogP contribution in [0.25, 0.3) is 0 Å². The average Bonchev–Trinajstić information content (AvgIpc) is 2.46. The standard InChI is InChI=1S/C16H29NO2/c1-3-12-7-9-17(10-8-12)15-11-13(4-2)5-6-14(15)16(18)19/h12-15H,3-11H2,1-2H3,(H,18,19). The second-order valence-corrected chi connectivity index (χ2v) is 6.49. The summed E-state index contributed by atoms with van der Waals surface area (Å²) in [5, 5.41) is 9.47. The maximum atomic E-state index is 11.5. The fraction of sp³-hybridized carbons (Fsp3) is 0.938. The molecule has 2 aliphatic rings. The maximum absolute atomic E-state index is 11.5. The van der Waals surface area contributed by atoms with Crippen LogP contribution in [0.2, 0.25) is 0 Å². The van der Waals surface area contributed by atoms with Gasteiger partial charge in [0.15, 0.2) is 0 Å². The van der Waals surface area contributed by atoms with Crippen LogP contribution in [0, 0.1) is 17.8 Å². The molecule has 3 nitrogen and oxygen atoms in total. The van der Waals surface area contributed by atoms with Crippen molar-refractivity contribution in [1.82, 2.24) is 4.90 Å². The molecule has 1 aliphatic heterocycles. The van der Waals surface area contributed by atoms with E-state index in [1.54, 1.807) is 0 Å². The van der Waals surface area contributed by atoms with Crippen LogP contribution in [0.1, 0.15) is 58.8 Å². The molecule has 1 saturated heterocycles. The minimum absolute atomic E-state index is 0.124. The fourth-order valence-electron chi connectivity index (χ4n) is 3.99. The number of piperidine rings is 1. The highest BCUT2D eigenvalue weighted by atomic mass is 16.4.